The molecule has 1 aliphatic rings. The normalized spacial score (nSPS) is 14.6. The van der Waals surface area contributed by atoms with Gasteiger partial charge in [0.05, 0.1) is 5.56 Å². The zero-order chi connectivity index (χ0) is 18.5. The van der Waals surface area contributed by atoms with Gasteiger partial charge in [-0.25, -0.2) is 4.98 Å². The number of piperazine rings is 1. The molecule has 2 amide bonds. The Morgan fingerprint density at radius 2 is 1.54 bits per heavy atom. The van der Waals surface area contributed by atoms with Crippen molar-refractivity contribution >= 4 is 23.6 Å². The maximum atomic E-state index is 12.7. The van der Waals surface area contributed by atoms with Gasteiger partial charge in [0.1, 0.15) is 5.03 Å². The lowest BCUT2D eigenvalue weighted by Gasteiger charge is -2.35. The lowest BCUT2D eigenvalue weighted by atomic mass is 10.1. The van der Waals surface area contributed by atoms with Crippen LogP contribution in [0.3, 0.4) is 0 Å². The molecular weight excluding hydrogens is 360 g/mol. The predicted octanol–water partition coefficient (Wildman–Crippen LogP) is 2.99. The zero-order valence-corrected chi connectivity index (χ0v) is 14.7. The van der Waals surface area contributed by atoms with E-state index in [-0.39, 0.29) is 34.2 Å². The third kappa shape index (κ3) is 4.19. The van der Waals surface area contributed by atoms with E-state index in [2.05, 4.69) is 4.98 Å². The van der Waals surface area contributed by atoms with Crippen molar-refractivity contribution in [1.29, 1.82) is 0 Å². The minimum atomic E-state index is -2.64. The van der Waals surface area contributed by atoms with E-state index in [1.54, 1.807) is 40.1 Å². The summed E-state index contributed by atoms with van der Waals surface area (Å²) in [5, 5.41) is 0.0234. The van der Waals surface area contributed by atoms with Gasteiger partial charge in [-0.15, -0.1) is 0 Å². The van der Waals surface area contributed by atoms with Crippen LogP contribution in [0.5, 0.6) is 0 Å². The number of carbonyl (C=O) groups is 2. The fourth-order valence-electron chi connectivity index (χ4n) is 2.78. The molecule has 0 saturated carbocycles. The zero-order valence-electron chi connectivity index (χ0n) is 13.8. The molecular formula is C18H17F2N3O2S. The molecule has 2 heterocycles. The van der Waals surface area contributed by atoms with Crippen molar-refractivity contribution in [3.8, 4) is 0 Å². The van der Waals surface area contributed by atoms with Gasteiger partial charge >= 0.3 is 0 Å². The highest BCUT2D eigenvalue weighted by Crippen LogP contribution is 2.27. The Hall–Kier alpha value is -2.48. The standard InChI is InChI=1S/C18H17F2N3O2S/c19-18(20)26-15-14(7-4-8-21-15)17(25)23-11-9-22(10-12-23)16(24)13-5-2-1-3-6-13/h1-8,18H,9-12H2. The van der Waals surface area contributed by atoms with Gasteiger partial charge in [0, 0.05) is 37.9 Å². The number of hydrogen-bond donors (Lipinski definition) is 0. The van der Waals surface area contributed by atoms with Gasteiger partial charge in [-0.2, -0.15) is 8.78 Å². The van der Waals surface area contributed by atoms with E-state index in [4.69, 9.17) is 0 Å². The molecule has 1 fully saturated rings. The lowest BCUT2D eigenvalue weighted by Crippen LogP contribution is -2.50. The molecule has 2 aromatic rings. The summed E-state index contributed by atoms with van der Waals surface area (Å²) >= 11 is 0.264. The Labute approximate surface area is 154 Å². The highest BCUT2D eigenvalue weighted by atomic mass is 32.2. The molecule has 0 spiro atoms. The Balaban J connectivity index is 1.65. The van der Waals surface area contributed by atoms with Gasteiger partial charge < -0.3 is 9.80 Å². The monoisotopic (exact) mass is 377 g/mol. The first-order valence-corrected chi connectivity index (χ1v) is 8.97. The highest BCUT2D eigenvalue weighted by molar-refractivity contribution is 7.99. The SMILES string of the molecule is O=C(c1ccccc1)N1CCN(C(=O)c2cccnc2SC(F)F)CC1. The van der Waals surface area contributed by atoms with E-state index in [9.17, 15) is 18.4 Å². The van der Waals surface area contributed by atoms with Crippen molar-refractivity contribution in [1.82, 2.24) is 14.8 Å². The molecule has 0 N–H and O–H groups in total. The molecule has 1 aromatic heterocycles. The summed E-state index contributed by atoms with van der Waals surface area (Å²) in [4.78, 5) is 32.3. The molecule has 0 unspecified atom stereocenters. The molecule has 5 nitrogen and oxygen atoms in total. The van der Waals surface area contributed by atoms with Crippen LogP contribution in [0.4, 0.5) is 8.78 Å². The second-order valence-corrected chi connectivity index (χ2v) is 6.66. The van der Waals surface area contributed by atoms with Crippen molar-refractivity contribution in [3.05, 3.63) is 59.8 Å². The molecule has 0 aliphatic carbocycles. The molecule has 3 rings (SSSR count). The van der Waals surface area contributed by atoms with Crippen LogP contribution in [-0.4, -0.2) is 58.5 Å². The summed E-state index contributed by atoms with van der Waals surface area (Å²) in [6.45, 7) is 1.50. The smallest absolute Gasteiger partial charge is 0.290 e. The fraction of sp³-hybridized carbons (Fsp3) is 0.278. The van der Waals surface area contributed by atoms with E-state index < -0.39 is 5.76 Å². The van der Waals surface area contributed by atoms with E-state index in [0.29, 0.717) is 31.7 Å². The second kappa shape index (κ2) is 8.27. The van der Waals surface area contributed by atoms with Gasteiger partial charge in [-0.3, -0.25) is 9.59 Å². The van der Waals surface area contributed by atoms with Crippen LogP contribution in [0.15, 0.2) is 53.7 Å². The third-order valence-electron chi connectivity index (χ3n) is 4.08. The molecule has 1 aromatic carbocycles. The van der Waals surface area contributed by atoms with Gasteiger partial charge in [0.25, 0.3) is 17.6 Å². The summed E-state index contributed by atoms with van der Waals surface area (Å²) in [5.41, 5.74) is 0.774. The van der Waals surface area contributed by atoms with Crippen molar-refractivity contribution in [2.24, 2.45) is 0 Å². The summed E-state index contributed by atoms with van der Waals surface area (Å²) < 4.78 is 25.3. The first-order valence-electron chi connectivity index (χ1n) is 8.09. The number of carbonyl (C=O) groups excluding carboxylic acids is 2. The Morgan fingerprint density at radius 3 is 2.15 bits per heavy atom. The predicted molar refractivity (Wildman–Crippen MR) is 94.3 cm³/mol. The Kier molecular flexibility index (Phi) is 5.82. The average Bonchev–Trinajstić information content (AvgIpc) is 2.68. The number of nitrogens with zero attached hydrogens (tertiary/aromatic N) is 3. The molecule has 8 heteroatoms. The van der Waals surface area contributed by atoms with Crippen molar-refractivity contribution in [3.63, 3.8) is 0 Å². The van der Waals surface area contributed by atoms with Crippen molar-refractivity contribution in [2.45, 2.75) is 10.8 Å². The van der Waals surface area contributed by atoms with Gasteiger partial charge in [-0.1, -0.05) is 18.2 Å². The first-order chi connectivity index (χ1) is 12.6. The molecule has 26 heavy (non-hydrogen) atoms. The fourth-order valence-corrected chi connectivity index (χ4v) is 3.35. The number of benzene rings is 1. The number of pyridine rings is 1. The summed E-state index contributed by atoms with van der Waals surface area (Å²) in [6.07, 6.45) is 1.39. The molecule has 136 valence electrons. The van der Waals surface area contributed by atoms with Gasteiger partial charge in [-0.05, 0) is 36.0 Å². The number of amides is 2. The van der Waals surface area contributed by atoms with Crippen LogP contribution < -0.4 is 0 Å². The quantitative estimate of drug-likeness (QED) is 0.769. The van der Waals surface area contributed by atoms with E-state index >= 15 is 0 Å². The highest BCUT2D eigenvalue weighted by Gasteiger charge is 2.27. The number of halogens is 2. The van der Waals surface area contributed by atoms with Crippen molar-refractivity contribution < 1.29 is 18.4 Å². The third-order valence-corrected chi connectivity index (χ3v) is 4.80. The number of alkyl halides is 2. The van der Waals surface area contributed by atoms with Gasteiger partial charge in [0.15, 0.2) is 0 Å². The van der Waals surface area contributed by atoms with E-state index in [1.807, 2.05) is 6.07 Å². The Morgan fingerprint density at radius 1 is 0.923 bits per heavy atom. The Bertz CT molecular complexity index is 781. The molecule has 0 atom stereocenters. The van der Waals surface area contributed by atoms with Crippen molar-refractivity contribution in [2.75, 3.05) is 26.2 Å². The number of rotatable bonds is 4. The minimum Gasteiger partial charge on any atom is -0.335 e. The van der Waals surface area contributed by atoms with Crippen LogP contribution in [-0.2, 0) is 0 Å². The lowest BCUT2D eigenvalue weighted by molar-refractivity contribution is 0.0533. The first kappa shape index (κ1) is 18.3. The number of thioether (sulfide) groups is 1. The largest absolute Gasteiger partial charge is 0.335 e. The van der Waals surface area contributed by atoms with Crippen LogP contribution in [0, 0.1) is 0 Å². The van der Waals surface area contributed by atoms with E-state index in [1.165, 1.54) is 12.3 Å². The summed E-state index contributed by atoms with van der Waals surface area (Å²) in [6, 6.07) is 12.0. The molecule has 1 aliphatic heterocycles. The number of aromatic nitrogens is 1. The maximum absolute atomic E-state index is 12.7. The van der Waals surface area contributed by atoms with Crippen LogP contribution >= 0.6 is 11.8 Å². The topological polar surface area (TPSA) is 53.5 Å². The maximum Gasteiger partial charge on any atom is 0.290 e. The average molecular weight is 377 g/mol. The van der Waals surface area contributed by atoms with Crippen LogP contribution in [0.2, 0.25) is 0 Å². The molecule has 0 radical (unpaired) electrons. The number of hydrogen-bond acceptors (Lipinski definition) is 4. The van der Waals surface area contributed by atoms with Crippen LogP contribution in [0.1, 0.15) is 20.7 Å². The van der Waals surface area contributed by atoms with Gasteiger partial charge in [0.2, 0.25) is 0 Å². The van der Waals surface area contributed by atoms with Crippen LogP contribution in [0.25, 0.3) is 0 Å². The van der Waals surface area contributed by atoms with E-state index in [0.717, 1.165) is 0 Å². The summed E-state index contributed by atoms with van der Waals surface area (Å²) in [7, 11) is 0. The summed E-state index contributed by atoms with van der Waals surface area (Å²) in [5.74, 6) is -3.06. The molecule has 0 bridgehead atoms. The minimum absolute atomic E-state index is 0.0234. The second-order valence-electron chi connectivity index (χ2n) is 5.69. The molecule has 1 saturated heterocycles.